The first-order valence-corrected chi connectivity index (χ1v) is 10.2. The van der Waals surface area contributed by atoms with Crippen LogP contribution < -0.4 is 5.43 Å². The normalized spacial score (nSPS) is 11.3. The number of rotatable bonds is 7. The van der Waals surface area contributed by atoms with E-state index in [0.717, 1.165) is 28.6 Å². The highest BCUT2D eigenvalue weighted by atomic mass is 16.5. The van der Waals surface area contributed by atoms with Gasteiger partial charge in [-0.15, -0.1) is 0 Å². The molecule has 0 fully saturated rings. The molecular weight excluding hydrogens is 390 g/mol. The minimum Gasteiger partial charge on any atom is -0.464 e. The van der Waals surface area contributed by atoms with Gasteiger partial charge in [0.2, 0.25) is 5.71 Å². The van der Waals surface area contributed by atoms with Crippen molar-refractivity contribution < 1.29 is 13.9 Å². The minimum atomic E-state index is -0.397. The Morgan fingerprint density at radius 1 is 1.16 bits per heavy atom. The van der Waals surface area contributed by atoms with Gasteiger partial charge in [0.25, 0.3) is 0 Å². The van der Waals surface area contributed by atoms with Crippen LogP contribution in [-0.4, -0.2) is 23.9 Å². The number of anilines is 1. The standard InChI is InChI=1S/C25H25N3O3/c1-4-19-12-8-9-17(2)23(19)27-26-15-21-13-20-14-22(25(29)30-3)28(24(20)31-21)16-18-10-6-5-7-11-18/h5-15,27H,4,16H2,1-3H3/b26-15+. The molecular formula is C25H25N3O3. The Morgan fingerprint density at radius 2 is 1.97 bits per heavy atom. The van der Waals surface area contributed by atoms with Crippen LogP contribution in [0.25, 0.3) is 11.1 Å². The Balaban J connectivity index is 1.64. The number of nitrogens with zero attached hydrogens (tertiary/aromatic N) is 2. The van der Waals surface area contributed by atoms with Crippen molar-refractivity contribution in [3.63, 3.8) is 0 Å². The number of aromatic nitrogens is 1. The lowest BCUT2D eigenvalue weighted by atomic mass is 10.1. The second-order valence-electron chi connectivity index (χ2n) is 7.33. The molecule has 0 spiro atoms. The number of hydrazone groups is 1. The Kier molecular flexibility index (Phi) is 5.89. The zero-order valence-electron chi connectivity index (χ0n) is 17.9. The summed E-state index contributed by atoms with van der Waals surface area (Å²) < 4.78 is 12.8. The number of aryl methyl sites for hydroxylation is 2. The Labute approximate surface area is 181 Å². The Morgan fingerprint density at radius 3 is 2.71 bits per heavy atom. The van der Waals surface area contributed by atoms with E-state index < -0.39 is 5.97 Å². The number of esters is 1. The summed E-state index contributed by atoms with van der Waals surface area (Å²) in [4.78, 5) is 12.3. The molecule has 2 heterocycles. The number of benzene rings is 2. The molecule has 0 aliphatic rings. The number of furan rings is 1. The number of ether oxygens (including phenoxy) is 1. The molecule has 4 aromatic rings. The molecule has 6 heteroatoms. The molecule has 0 atom stereocenters. The van der Waals surface area contributed by atoms with Gasteiger partial charge in [-0.1, -0.05) is 55.5 Å². The predicted molar refractivity (Wildman–Crippen MR) is 123 cm³/mol. The summed E-state index contributed by atoms with van der Waals surface area (Å²) in [5.74, 6) is 0.202. The third-order valence-corrected chi connectivity index (χ3v) is 5.27. The molecule has 0 radical (unpaired) electrons. The average molecular weight is 415 g/mol. The van der Waals surface area contributed by atoms with Gasteiger partial charge in [-0.25, -0.2) is 4.79 Å². The van der Waals surface area contributed by atoms with Crippen molar-refractivity contribution >= 4 is 29.0 Å². The molecule has 0 amide bonds. The maximum absolute atomic E-state index is 12.3. The molecule has 158 valence electrons. The third-order valence-electron chi connectivity index (χ3n) is 5.27. The van der Waals surface area contributed by atoms with E-state index in [4.69, 9.17) is 9.15 Å². The lowest BCUT2D eigenvalue weighted by Gasteiger charge is -2.09. The third kappa shape index (κ3) is 4.23. The van der Waals surface area contributed by atoms with Crippen molar-refractivity contribution in [2.24, 2.45) is 5.10 Å². The number of fused-ring (bicyclic) bond motifs is 1. The predicted octanol–water partition coefficient (Wildman–Crippen LogP) is 5.39. The number of carbonyl (C=O) groups excluding carboxylic acids is 1. The lowest BCUT2D eigenvalue weighted by Crippen LogP contribution is -2.11. The van der Waals surface area contributed by atoms with Gasteiger partial charge in [-0.05, 0) is 42.2 Å². The molecule has 0 saturated heterocycles. The molecule has 0 aliphatic heterocycles. The van der Waals surface area contributed by atoms with Crippen molar-refractivity contribution in [3.8, 4) is 0 Å². The van der Waals surface area contributed by atoms with Gasteiger partial charge < -0.3 is 13.7 Å². The molecule has 31 heavy (non-hydrogen) atoms. The van der Waals surface area contributed by atoms with Gasteiger partial charge in [0.05, 0.1) is 25.6 Å². The summed E-state index contributed by atoms with van der Waals surface area (Å²) in [6.45, 7) is 4.67. The fourth-order valence-corrected chi connectivity index (χ4v) is 3.67. The zero-order chi connectivity index (χ0) is 21.8. The maximum atomic E-state index is 12.3. The second kappa shape index (κ2) is 8.92. The summed E-state index contributed by atoms with van der Waals surface area (Å²) >= 11 is 0. The first-order valence-electron chi connectivity index (χ1n) is 10.2. The number of hydrogen-bond acceptors (Lipinski definition) is 5. The monoisotopic (exact) mass is 415 g/mol. The average Bonchev–Trinajstić information content (AvgIpc) is 3.33. The van der Waals surface area contributed by atoms with E-state index in [9.17, 15) is 4.79 Å². The molecule has 6 nitrogen and oxygen atoms in total. The van der Waals surface area contributed by atoms with Crippen LogP contribution in [-0.2, 0) is 17.7 Å². The first-order chi connectivity index (χ1) is 15.1. The first kappa shape index (κ1) is 20.5. The molecule has 4 rings (SSSR count). The SMILES string of the molecule is CCc1cccc(C)c1N/N=C/c1cc2cc(C(=O)OC)n(Cc3ccccc3)c2o1. The van der Waals surface area contributed by atoms with Gasteiger partial charge in [-0.2, -0.15) is 5.10 Å². The summed E-state index contributed by atoms with van der Waals surface area (Å²) in [6.07, 6.45) is 2.57. The molecule has 0 aliphatic carbocycles. The summed E-state index contributed by atoms with van der Waals surface area (Å²) in [6, 6.07) is 19.8. The van der Waals surface area contributed by atoms with Crippen LogP contribution in [0, 0.1) is 6.92 Å². The Bertz CT molecular complexity index is 1240. The Hall–Kier alpha value is -3.80. The van der Waals surface area contributed by atoms with Crippen LogP contribution in [0.2, 0.25) is 0 Å². The summed E-state index contributed by atoms with van der Waals surface area (Å²) in [5, 5.41) is 5.20. The van der Waals surface area contributed by atoms with Crippen molar-refractivity contribution in [1.29, 1.82) is 0 Å². The van der Waals surface area contributed by atoms with Crippen molar-refractivity contribution in [1.82, 2.24) is 4.57 Å². The number of hydrogen-bond donors (Lipinski definition) is 1. The van der Waals surface area contributed by atoms with Crippen LogP contribution >= 0.6 is 0 Å². The minimum absolute atomic E-state index is 0.397. The molecule has 0 bridgehead atoms. The van der Waals surface area contributed by atoms with Gasteiger partial charge in [0.1, 0.15) is 11.5 Å². The zero-order valence-corrected chi connectivity index (χ0v) is 17.9. The van der Waals surface area contributed by atoms with Crippen molar-refractivity contribution in [3.05, 3.63) is 88.8 Å². The number of methoxy groups -OCH3 is 1. The highest BCUT2D eigenvalue weighted by molar-refractivity contribution is 5.96. The maximum Gasteiger partial charge on any atom is 0.354 e. The number of carbonyl (C=O) groups is 1. The van der Waals surface area contributed by atoms with Gasteiger partial charge in [-0.3, -0.25) is 5.43 Å². The van der Waals surface area contributed by atoms with E-state index in [1.165, 1.54) is 12.7 Å². The van der Waals surface area contributed by atoms with E-state index in [0.29, 0.717) is 23.7 Å². The number of nitrogens with one attached hydrogen (secondary N) is 1. The highest BCUT2D eigenvalue weighted by Gasteiger charge is 2.19. The van der Waals surface area contributed by atoms with E-state index in [1.807, 2.05) is 47.0 Å². The van der Waals surface area contributed by atoms with Crippen LogP contribution in [0.3, 0.4) is 0 Å². The van der Waals surface area contributed by atoms with Crippen LogP contribution in [0.15, 0.2) is 70.2 Å². The summed E-state index contributed by atoms with van der Waals surface area (Å²) in [7, 11) is 1.38. The van der Waals surface area contributed by atoms with E-state index in [2.05, 4.69) is 36.5 Å². The topological polar surface area (TPSA) is 68.8 Å². The molecule has 1 N–H and O–H groups in total. The second-order valence-corrected chi connectivity index (χ2v) is 7.33. The fraction of sp³-hybridized carbons (Fsp3) is 0.200. The van der Waals surface area contributed by atoms with Gasteiger partial charge in [0.15, 0.2) is 0 Å². The molecule has 0 unspecified atom stereocenters. The fourth-order valence-electron chi connectivity index (χ4n) is 3.67. The van der Waals surface area contributed by atoms with Gasteiger partial charge >= 0.3 is 5.97 Å². The van der Waals surface area contributed by atoms with Crippen molar-refractivity contribution in [2.45, 2.75) is 26.8 Å². The van der Waals surface area contributed by atoms with Crippen molar-refractivity contribution in [2.75, 3.05) is 12.5 Å². The number of para-hydroxylation sites is 1. The summed E-state index contributed by atoms with van der Waals surface area (Å²) in [5.41, 5.74) is 8.62. The quantitative estimate of drug-likeness (QED) is 0.250. The largest absolute Gasteiger partial charge is 0.464 e. The van der Waals surface area contributed by atoms with E-state index >= 15 is 0 Å². The van der Waals surface area contributed by atoms with Gasteiger partial charge in [0, 0.05) is 5.39 Å². The van der Waals surface area contributed by atoms with Crippen LogP contribution in [0.1, 0.15) is 39.9 Å². The van der Waals surface area contributed by atoms with E-state index in [-0.39, 0.29) is 0 Å². The van der Waals surface area contributed by atoms with E-state index in [1.54, 1.807) is 12.3 Å². The smallest absolute Gasteiger partial charge is 0.354 e. The lowest BCUT2D eigenvalue weighted by molar-refractivity contribution is 0.0589. The molecule has 2 aromatic carbocycles. The molecule has 2 aromatic heterocycles. The molecule has 0 saturated carbocycles. The van der Waals surface area contributed by atoms with Crippen LogP contribution in [0.5, 0.6) is 0 Å². The van der Waals surface area contributed by atoms with Crippen LogP contribution in [0.4, 0.5) is 5.69 Å². The highest BCUT2D eigenvalue weighted by Crippen LogP contribution is 2.26.